The van der Waals surface area contributed by atoms with E-state index in [0.717, 1.165) is 16.7 Å². The van der Waals surface area contributed by atoms with Gasteiger partial charge >= 0.3 is 19.7 Å². The molecule has 0 heterocycles. The maximum atomic E-state index is 13.5. The van der Waals surface area contributed by atoms with E-state index in [0.29, 0.717) is 18.8 Å². The molecule has 3 aromatic carbocycles. The molecule has 0 aliphatic heterocycles. The Kier molecular flexibility index (Phi) is 13.1. The number of ether oxygens (including phenoxy) is 2. The zero-order valence-corrected chi connectivity index (χ0v) is 25.6. The zero-order chi connectivity index (χ0) is 30.4. The number of rotatable bonds is 16. The van der Waals surface area contributed by atoms with Gasteiger partial charge in [0.1, 0.15) is 25.0 Å². The van der Waals surface area contributed by atoms with Crippen LogP contribution in [0.1, 0.15) is 44.4 Å². The molecule has 0 fully saturated rings. The topological polar surface area (TPSA) is 115 Å². The molecule has 226 valence electrons. The quantitative estimate of drug-likeness (QED) is 0.132. The first-order valence-corrected chi connectivity index (χ1v) is 15.8. The summed E-state index contributed by atoms with van der Waals surface area (Å²) in [6.45, 7) is 9.32. The van der Waals surface area contributed by atoms with Gasteiger partial charge in [0, 0.05) is 19.5 Å². The Bertz CT molecular complexity index is 1270. The monoisotopic (exact) mass is 595 g/mol. The lowest BCUT2D eigenvalue weighted by molar-refractivity contribution is -0.147. The number of benzene rings is 3. The number of hydrogen-bond donors (Lipinski definition) is 3. The van der Waals surface area contributed by atoms with E-state index in [2.05, 4.69) is 15.5 Å². The van der Waals surface area contributed by atoms with Gasteiger partial charge in [-0.1, -0.05) is 100 Å². The number of carbonyl (C=O) groups is 2. The van der Waals surface area contributed by atoms with Crippen LogP contribution in [0.15, 0.2) is 84.9 Å². The van der Waals surface area contributed by atoms with Gasteiger partial charge < -0.3 is 19.3 Å². The highest BCUT2D eigenvalue weighted by atomic mass is 31.2. The minimum absolute atomic E-state index is 0.0697. The van der Waals surface area contributed by atoms with Gasteiger partial charge in [-0.2, -0.15) is 0 Å². The third-order valence-electron chi connectivity index (χ3n) is 6.03. The van der Waals surface area contributed by atoms with Gasteiger partial charge in [0.25, 0.3) is 0 Å². The first kappa shape index (κ1) is 32.9. The van der Waals surface area contributed by atoms with Gasteiger partial charge in [-0.3, -0.25) is 0 Å². The Morgan fingerprint density at radius 1 is 0.690 bits per heavy atom. The van der Waals surface area contributed by atoms with E-state index in [1.807, 2.05) is 88.4 Å². The van der Waals surface area contributed by atoms with E-state index < -0.39 is 25.8 Å². The molecule has 9 nitrogen and oxygen atoms in total. The zero-order valence-electron chi connectivity index (χ0n) is 24.7. The summed E-state index contributed by atoms with van der Waals surface area (Å²) in [6, 6.07) is 24.5. The summed E-state index contributed by atoms with van der Waals surface area (Å²) >= 11 is 0. The predicted molar refractivity (Wildman–Crippen MR) is 164 cm³/mol. The molecule has 1 atom stereocenters. The van der Waals surface area contributed by atoms with Crippen LogP contribution in [0.3, 0.4) is 0 Å². The molecule has 0 aliphatic rings. The number of esters is 1. The molecule has 0 unspecified atom stereocenters. The third-order valence-corrected chi connectivity index (χ3v) is 7.69. The minimum atomic E-state index is -3.35. The lowest BCUT2D eigenvalue weighted by Gasteiger charge is -2.23. The Hall–Kier alpha value is -3.65. The van der Waals surface area contributed by atoms with Crippen LogP contribution in [0, 0.1) is 11.8 Å². The summed E-state index contributed by atoms with van der Waals surface area (Å²) in [5, 5.41) is 8.72. The number of alkyl carbamates (subject to hydrolysis) is 1. The highest BCUT2D eigenvalue weighted by Crippen LogP contribution is 2.39. The van der Waals surface area contributed by atoms with Crippen molar-refractivity contribution in [1.82, 2.24) is 15.5 Å². The van der Waals surface area contributed by atoms with Crippen LogP contribution in [0.2, 0.25) is 0 Å². The summed E-state index contributed by atoms with van der Waals surface area (Å²) in [7, 11) is -3.35. The molecule has 1 amide bonds. The fraction of sp³-hybridized carbons (Fsp3) is 0.375. The van der Waals surface area contributed by atoms with Crippen LogP contribution in [-0.4, -0.2) is 31.2 Å². The molecule has 42 heavy (non-hydrogen) atoms. The van der Waals surface area contributed by atoms with Crippen molar-refractivity contribution >= 4 is 19.7 Å². The molecule has 0 saturated carbocycles. The first-order valence-electron chi connectivity index (χ1n) is 14.2. The van der Waals surface area contributed by atoms with E-state index in [4.69, 9.17) is 14.0 Å². The van der Waals surface area contributed by atoms with Gasteiger partial charge in [-0.15, -0.1) is 0 Å². The van der Waals surface area contributed by atoms with Crippen molar-refractivity contribution < 1.29 is 28.2 Å². The molecule has 3 rings (SSSR count). The van der Waals surface area contributed by atoms with Crippen molar-refractivity contribution in [3.63, 3.8) is 0 Å². The van der Waals surface area contributed by atoms with E-state index >= 15 is 0 Å². The molecule has 10 heteroatoms. The van der Waals surface area contributed by atoms with Crippen molar-refractivity contribution in [1.29, 1.82) is 0 Å². The van der Waals surface area contributed by atoms with Crippen LogP contribution >= 0.6 is 7.67 Å². The fourth-order valence-electron chi connectivity index (χ4n) is 3.73. The van der Waals surface area contributed by atoms with Gasteiger partial charge in [0.05, 0.1) is 0 Å². The molecular formula is C32H42N3O6P. The maximum absolute atomic E-state index is 13.5. The van der Waals surface area contributed by atoms with Crippen molar-refractivity contribution in [2.75, 3.05) is 13.1 Å². The van der Waals surface area contributed by atoms with Gasteiger partial charge in [0.2, 0.25) is 0 Å². The Balaban J connectivity index is 1.67. The Morgan fingerprint density at radius 3 is 1.69 bits per heavy atom. The van der Waals surface area contributed by atoms with E-state index in [9.17, 15) is 14.2 Å². The lowest BCUT2D eigenvalue weighted by atomic mass is 10.1. The summed E-state index contributed by atoms with van der Waals surface area (Å²) in [4.78, 5) is 25.7. The second-order valence-electron chi connectivity index (χ2n) is 10.9. The summed E-state index contributed by atoms with van der Waals surface area (Å²) in [5.74, 6) is 0.398. The molecule has 0 saturated heterocycles. The van der Waals surface area contributed by atoms with Gasteiger partial charge in [-0.05, 0) is 40.7 Å². The highest BCUT2D eigenvalue weighted by molar-refractivity contribution is 7.55. The van der Waals surface area contributed by atoms with Gasteiger partial charge in [0.15, 0.2) is 0 Å². The standard InChI is InChI=1S/C32H42N3O6P/c1-24(2)20-33-42(38,34-21-25(3)4)41-29-17-15-26(16-18-29)19-30(31(36)39-22-27-11-7-5-8-12-27)35-32(37)40-23-28-13-9-6-10-14-28/h5-18,24-25,30H,19-23H2,1-4H3,(H,35,37)(H2,33,34,38)/t30-/m0/s1. The molecule has 3 aromatic rings. The second-order valence-corrected chi connectivity index (χ2v) is 12.8. The van der Waals surface area contributed by atoms with Crippen LogP contribution in [0.25, 0.3) is 0 Å². The van der Waals surface area contributed by atoms with Crippen LogP contribution in [-0.2, 0) is 38.5 Å². The van der Waals surface area contributed by atoms with Crippen molar-refractivity contribution in [2.24, 2.45) is 11.8 Å². The summed E-state index contributed by atoms with van der Waals surface area (Å²) in [6.07, 6.45) is -0.572. The SMILES string of the molecule is CC(C)CNP(=O)(NCC(C)C)Oc1ccc(C[C@H](NC(=O)OCc2ccccc2)C(=O)OCc2ccccc2)cc1. The number of hydrogen-bond acceptors (Lipinski definition) is 6. The second kappa shape index (κ2) is 16.7. The first-order chi connectivity index (χ1) is 20.1. The normalized spacial score (nSPS) is 12.1. The Labute approximate surface area is 248 Å². The molecule has 0 aliphatic carbocycles. The van der Waals surface area contributed by atoms with E-state index in [-0.39, 0.29) is 31.5 Å². The molecule has 0 spiro atoms. The number of carbonyl (C=O) groups excluding carboxylic acids is 2. The number of amides is 1. The Morgan fingerprint density at radius 2 is 1.19 bits per heavy atom. The predicted octanol–water partition coefficient (Wildman–Crippen LogP) is 6.25. The molecular weight excluding hydrogens is 553 g/mol. The summed E-state index contributed by atoms with van der Waals surface area (Å²) in [5.41, 5.74) is 2.40. The lowest BCUT2D eigenvalue weighted by Crippen LogP contribution is -2.43. The van der Waals surface area contributed by atoms with Gasteiger partial charge in [-0.25, -0.2) is 24.3 Å². The van der Waals surface area contributed by atoms with E-state index in [1.165, 1.54) is 0 Å². The summed E-state index contributed by atoms with van der Waals surface area (Å²) < 4.78 is 30.2. The molecule has 0 bridgehead atoms. The van der Waals surface area contributed by atoms with Crippen molar-refractivity contribution in [3.05, 3.63) is 102 Å². The molecule has 0 radical (unpaired) electrons. The third kappa shape index (κ3) is 12.1. The van der Waals surface area contributed by atoms with E-state index in [1.54, 1.807) is 24.3 Å². The number of nitrogens with one attached hydrogen (secondary N) is 3. The van der Waals surface area contributed by atoms with Crippen molar-refractivity contribution in [2.45, 2.75) is 53.4 Å². The van der Waals surface area contributed by atoms with Crippen LogP contribution in [0.5, 0.6) is 5.75 Å². The minimum Gasteiger partial charge on any atom is -0.459 e. The van der Waals surface area contributed by atoms with Crippen LogP contribution in [0.4, 0.5) is 4.79 Å². The average molecular weight is 596 g/mol. The fourth-order valence-corrected chi connectivity index (χ4v) is 5.60. The van der Waals surface area contributed by atoms with Crippen molar-refractivity contribution in [3.8, 4) is 5.75 Å². The smallest absolute Gasteiger partial charge is 0.408 e. The van der Waals surface area contributed by atoms with Crippen LogP contribution < -0.4 is 20.0 Å². The molecule has 3 N–H and O–H groups in total. The highest BCUT2D eigenvalue weighted by Gasteiger charge is 2.26. The molecule has 0 aromatic heterocycles. The maximum Gasteiger partial charge on any atom is 0.408 e. The average Bonchev–Trinajstić information content (AvgIpc) is 2.98. The largest absolute Gasteiger partial charge is 0.459 e.